The van der Waals surface area contributed by atoms with Crippen LogP contribution in [0.2, 0.25) is 5.02 Å². The van der Waals surface area contributed by atoms with Crippen LogP contribution < -0.4 is 0 Å². The SMILES string of the molecule is OC[C@@H]1CCCN1Cc1ccc(Cl)c2cccnc12. The van der Waals surface area contributed by atoms with E-state index >= 15 is 0 Å². The van der Waals surface area contributed by atoms with Crippen LogP contribution in [0, 0.1) is 0 Å². The zero-order valence-corrected chi connectivity index (χ0v) is 11.5. The van der Waals surface area contributed by atoms with Crippen molar-refractivity contribution < 1.29 is 5.11 Å². The molecule has 0 radical (unpaired) electrons. The summed E-state index contributed by atoms with van der Waals surface area (Å²) in [4.78, 5) is 6.79. The van der Waals surface area contributed by atoms with Crippen LogP contribution in [0.3, 0.4) is 0 Å². The Morgan fingerprint density at radius 3 is 3.11 bits per heavy atom. The second kappa shape index (κ2) is 5.45. The Hall–Kier alpha value is -1.16. The van der Waals surface area contributed by atoms with Gasteiger partial charge in [-0.3, -0.25) is 9.88 Å². The first-order chi connectivity index (χ1) is 9.29. The molecule has 0 saturated carbocycles. The lowest BCUT2D eigenvalue weighted by molar-refractivity contribution is 0.154. The van der Waals surface area contributed by atoms with Crippen molar-refractivity contribution >= 4 is 22.5 Å². The van der Waals surface area contributed by atoms with Crippen LogP contribution in [0.4, 0.5) is 0 Å². The van der Waals surface area contributed by atoms with Gasteiger partial charge in [-0.05, 0) is 43.1 Å². The van der Waals surface area contributed by atoms with Crippen molar-refractivity contribution in [1.29, 1.82) is 0 Å². The van der Waals surface area contributed by atoms with Gasteiger partial charge in [0.2, 0.25) is 0 Å². The van der Waals surface area contributed by atoms with E-state index in [0.29, 0.717) is 0 Å². The smallest absolute Gasteiger partial charge is 0.0761 e. The van der Waals surface area contributed by atoms with Crippen LogP contribution in [0.25, 0.3) is 10.9 Å². The minimum atomic E-state index is 0.235. The van der Waals surface area contributed by atoms with Gasteiger partial charge in [-0.25, -0.2) is 0 Å². The van der Waals surface area contributed by atoms with Gasteiger partial charge in [-0.1, -0.05) is 17.7 Å². The van der Waals surface area contributed by atoms with Crippen LogP contribution in [0.5, 0.6) is 0 Å². The van der Waals surface area contributed by atoms with Crippen molar-refractivity contribution in [3.63, 3.8) is 0 Å². The lowest BCUT2D eigenvalue weighted by atomic mass is 10.1. The highest BCUT2D eigenvalue weighted by Gasteiger charge is 2.24. The Kier molecular flexibility index (Phi) is 3.69. The third kappa shape index (κ3) is 2.46. The zero-order chi connectivity index (χ0) is 13.2. The Balaban J connectivity index is 1.95. The van der Waals surface area contributed by atoms with E-state index in [4.69, 9.17) is 11.6 Å². The molecule has 2 aromatic rings. The molecule has 0 bridgehead atoms. The lowest BCUT2D eigenvalue weighted by Gasteiger charge is -2.23. The van der Waals surface area contributed by atoms with Crippen molar-refractivity contribution in [2.75, 3.05) is 13.2 Å². The fourth-order valence-corrected chi connectivity index (χ4v) is 3.07. The Labute approximate surface area is 117 Å². The van der Waals surface area contributed by atoms with E-state index in [-0.39, 0.29) is 12.6 Å². The van der Waals surface area contributed by atoms with Gasteiger partial charge in [-0.2, -0.15) is 0 Å². The molecule has 0 unspecified atom stereocenters. The van der Waals surface area contributed by atoms with Crippen LogP contribution >= 0.6 is 11.6 Å². The molecule has 3 nitrogen and oxygen atoms in total. The maximum atomic E-state index is 9.39. The van der Waals surface area contributed by atoms with E-state index in [1.807, 2.05) is 24.3 Å². The fraction of sp³-hybridized carbons (Fsp3) is 0.400. The van der Waals surface area contributed by atoms with E-state index in [1.165, 1.54) is 5.56 Å². The molecule has 1 N–H and O–H groups in total. The molecule has 0 aliphatic carbocycles. The molecule has 0 amide bonds. The molecule has 1 aliphatic rings. The summed E-state index contributed by atoms with van der Waals surface area (Å²) in [6, 6.07) is 8.18. The average molecular weight is 277 g/mol. The third-order valence-electron chi connectivity index (χ3n) is 3.88. The molecule has 2 heterocycles. The Morgan fingerprint density at radius 2 is 2.26 bits per heavy atom. The molecule has 19 heavy (non-hydrogen) atoms. The quantitative estimate of drug-likeness (QED) is 0.936. The third-order valence-corrected chi connectivity index (χ3v) is 4.21. The average Bonchev–Trinajstić information content (AvgIpc) is 2.89. The largest absolute Gasteiger partial charge is 0.395 e. The number of aromatic nitrogens is 1. The standard InChI is InChI=1S/C15H17ClN2O/c16-14-6-5-11(15-13(14)4-1-7-17-15)9-18-8-2-3-12(18)10-19/h1,4-7,12,19H,2-3,8-10H2/t12-/m0/s1. The van der Waals surface area contributed by atoms with Gasteiger partial charge in [0.25, 0.3) is 0 Å². The van der Waals surface area contributed by atoms with Gasteiger partial charge in [0, 0.05) is 29.2 Å². The first-order valence-electron chi connectivity index (χ1n) is 6.66. The van der Waals surface area contributed by atoms with Gasteiger partial charge in [-0.15, -0.1) is 0 Å². The summed E-state index contributed by atoms with van der Waals surface area (Å²) in [5, 5.41) is 11.1. The maximum absolute atomic E-state index is 9.39. The number of aliphatic hydroxyl groups excluding tert-OH is 1. The molecule has 100 valence electrons. The van der Waals surface area contributed by atoms with E-state index in [2.05, 4.69) is 9.88 Å². The molecule has 1 aromatic carbocycles. The Morgan fingerprint density at radius 1 is 1.37 bits per heavy atom. The highest BCUT2D eigenvalue weighted by atomic mass is 35.5. The zero-order valence-electron chi connectivity index (χ0n) is 10.7. The van der Waals surface area contributed by atoms with E-state index in [1.54, 1.807) is 6.20 Å². The Bertz CT molecular complexity index is 587. The number of aliphatic hydroxyl groups is 1. The van der Waals surface area contributed by atoms with Crippen molar-refractivity contribution in [3.8, 4) is 0 Å². The van der Waals surface area contributed by atoms with Crippen molar-refractivity contribution in [2.45, 2.75) is 25.4 Å². The summed E-state index contributed by atoms with van der Waals surface area (Å²) in [7, 11) is 0. The second-order valence-corrected chi connectivity index (χ2v) is 5.46. The van der Waals surface area contributed by atoms with E-state index in [0.717, 1.165) is 41.9 Å². The van der Waals surface area contributed by atoms with Crippen molar-refractivity contribution in [2.24, 2.45) is 0 Å². The highest BCUT2D eigenvalue weighted by molar-refractivity contribution is 6.35. The fourth-order valence-electron chi connectivity index (χ4n) is 2.85. The first kappa shape index (κ1) is 12.9. The second-order valence-electron chi connectivity index (χ2n) is 5.06. The van der Waals surface area contributed by atoms with Gasteiger partial charge >= 0.3 is 0 Å². The molecule has 1 aromatic heterocycles. The molecular formula is C15H17ClN2O. The summed E-state index contributed by atoms with van der Waals surface area (Å²) in [5.74, 6) is 0. The molecule has 0 spiro atoms. The number of rotatable bonds is 3. The number of halogens is 1. The number of hydrogen-bond acceptors (Lipinski definition) is 3. The van der Waals surface area contributed by atoms with Crippen LogP contribution in [0.15, 0.2) is 30.5 Å². The predicted molar refractivity (Wildman–Crippen MR) is 77.3 cm³/mol. The number of nitrogens with zero attached hydrogens (tertiary/aromatic N) is 2. The van der Waals surface area contributed by atoms with Gasteiger partial charge in [0.05, 0.1) is 12.1 Å². The topological polar surface area (TPSA) is 36.4 Å². The van der Waals surface area contributed by atoms with Crippen LogP contribution in [0.1, 0.15) is 18.4 Å². The summed E-state index contributed by atoms with van der Waals surface area (Å²) in [6.07, 6.45) is 4.04. The van der Waals surface area contributed by atoms with Gasteiger partial charge in [0.15, 0.2) is 0 Å². The number of pyridine rings is 1. The molecule has 1 aliphatic heterocycles. The molecule has 4 heteroatoms. The molecule has 1 atom stereocenters. The number of likely N-dealkylation sites (tertiary alicyclic amines) is 1. The molecular weight excluding hydrogens is 260 g/mol. The van der Waals surface area contributed by atoms with Gasteiger partial charge < -0.3 is 5.11 Å². The summed E-state index contributed by atoms with van der Waals surface area (Å²) in [5.41, 5.74) is 2.15. The van der Waals surface area contributed by atoms with Crippen molar-refractivity contribution in [1.82, 2.24) is 9.88 Å². The highest BCUT2D eigenvalue weighted by Crippen LogP contribution is 2.27. The minimum Gasteiger partial charge on any atom is -0.395 e. The molecule has 1 saturated heterocycles. The first-order valence-corrected chi connectivity index (χ1v) is 7.04. The summed E-state index contributed by atoms with van der Waals surface area (Å²) >= 11 is 6.21. The molecule has 3 rings (SSSR count). The minimum absolute atomic E-state index is 0.235. The summed E-state index contributed by atoms with van der Waals surface area (Å²) < 4.78 is 0. The van der Waals surface area contributed by atoms with Crippen LogP contribution in [-0.2, 0) is 6.54 Å². The van der Waals surface area contributed by atoms with Crippen molar-refractivity contribution in [3.05, 3.63) is 41.0 Å². The maximum Gasteiger partial charge on any atom is 0.0761 e. The monoisotopic (exact) mass is 276 g/mol. The number of fused-ring (bicyclic) bond motifs is 1. The number of hydrogen-bond donors (Lipinski definition) is 1. The number of benzene rings is 1. The van der Waals surface area contributed by atoms with Gasteiger partial charge in [0.1, 0.15) is 0 Å². The lowest BCUT2D eigenvalue weighted by Crippen LogP contribution is -2.31. The normalized spacial score (nSPS) is 20.2. The summed E-state index contributed by atoms with van der Waals surface area (Å²) in [6.45, 7) is 2.11. The predicted octanol–water partition coefficient (Wildman–Crippen LogP) is 2.84. The van der Waals surface area contributed by atoms with E-state index < -0.39 is 0 Å². The van der Waals surface area contributed by atoms with Crippen LogP contribution in [-0.4, -0.2) is 34.2 Å². The molecule has 1 fully saturated rings. The van der Waals surface area contributed by atoms with E-state index in [9.17, 15) is 5.11 Å².